The van der Waals surface area contributed by atoms with E-state index in [1.165, 1.54) is 38.9 Å². The van der Waals surface area contributed by atoms with Gasteiger partial charge in [0.2, 0.25) is 0 Å². The molecule has 1 atom stereocenters. The lowest BCUT2D eigenvalue weighted by molar-refractivity contribution is -0.193. The highest BCUT2D eigenvalue weighted by Gasteiger charge is 2.48. The van der Waals surface area contributed by atoms with Crippen molar-refractivity contribution in [3.8, 4) is 0 Å². The molecule has 4 heterocycles. The average molecular weight is 594 g/mol. The molecule has 1 spiro atoms. The highest BCUT2D eigenvalue weighted by molar-refractivity contribution is 5.97. The van der Waals surface area contributed by atoms with Crippen LogP contribution in [-0.4, -0.2) is 100 Å². The topological polar surface area (TPSA) is 120 Å². The number of ether oxygens (including phenoxy) is 1. The summed E-state index contributed by atoms with van der Waals surface area (Å²) in [6, 6.07) is 9.86. The number of amides is 1. The molecular weight excluding hydrogens is 564 g/mol. The molecule has 41 heavy (non-hydrogen) atoms. The third-order valence-electron chi connectivity index (χ3n) is 6.92. The number of halogens is 6. The average Bonchev–Trinajstić information content (AvgIpc) is 3.40. The molecule has 1 aromatic carbocycles. The highest BCUT2D eigenvalue weighted by atomic mass is 19.4. The summed E-state index contributed by atoms with van der Waals surface area (Å²) in [7, 11) is 0. The lowest BCUT2D eigenvalue weighted by atomic mass is 9.82. The molecule has 0 aliphatic carbocycles. The predicted octanol–water partition coefficient (Wildman–Crippen LogP) is 4.22. The minimum atomic E-state index is -5.08. The van der Waals surface area contributed by atoms with Gasteiger partial charge in [-0.15, -0.1) is 0 Å². The van der Waals surface area contributed by atoms with E-state index in [2.05, 4.69) is 9.88 Å². The van der Waals surface area contributed by atoms with Crippen molar-refractivity contribution in [1.82, 2.24) is 14.8 Å². The minimum absolute atomic E-state index is 0.0710. The first kappa shape index (κ1) is 32.1. The second-order valence-corrected chi connectivity index (χ2v) is 10.1. The Hall–Kier alpha value is -3.46. The van der Waals surface area contributed by atoms with E-state index in [4.69, 9.17) is 24.5 Å². The number of alkyl halides is 6. The van der Waals surface area contributed by atoms with Gasteiger partial charge in [0.15, 0.2) is 0 Å². The van der Waals surface area contributed by atoms with E-state index in [0.717, 1.165) is 37.0 Å². The number of benzene rings is 1. The van der Waals surface area contributed by atoms with Crippen LogP contribution >= 0.6 is 0 Å². The molecule has 3 aliphatic rings. The van der Waals surface area contributed by atoms with Crippen molar-refractivity contribution >= 4 is 28.7 Å². The minimum Gasteiger partial charge on any atom is -0.475 e. The van der Waals surface area contributed by atoms with Crippen molar-refractivity contribution in [1.29, 1.82) is 0 Å². The van der Waals surface area contributed by atoms with Crippen LogP contribution in [0.2, 0.25) is 0 Å². The molecule has 0 saturated carbocycles. The van der Waals surface area contributed by atoms with Gasteiger partial charge in [-0.05, 0) is 56.8 Å². The highest BCUT2D eigenvalue weighted by Crippen LogP contribution is 2.37. The smallest absolute Gasteiger partial charge is 0.475 e. The van der Waals surface area contributed by atoms with E-state index < -0.39 is 24.3 Å². The Morgan fingerprint density at radius 2 is 1.54 bits per heavy atom. The van der Waals surface area contributed by atoms with E-state index in [9.17, 15) is 31.1 Å². The Labute approximate surface area is 230 Å². The largest absolute Gasteiger partial charge is 0.490 e. The number of carboxylic acids is 2. The van der Waals surface area contributed by atoms with Gasteiger partial charge >= 0.3 is 24.3 Å². The Bertz CT molecular complexity index is 1190. The van der Waals surface area contributed by atoms with Crippen molar-refractivity contribution in [2.45, 2.75) is 43.6 Å². The summed E-state index contributed by atoms with van der Waals surface area (Å²) >= 11 is 0. The Morgan fingerprint density at radius 3 is 2.05 bits per heavy atom. The summed E-state index contributed by atoms with van der Waals surface area (Å²) in [6.45, 7) is 5.97. The third kappa shape index (κ3) is 9.01. The van der Waals surface area contributed by atoms with Crippen LogP contribution in [0.5, 0.6) is 0 Å². The number of fused-ring (bicyclic) bond motifs is 1. The number of nitrogens with zero attached hydrogens (tertiary/aromatic N) is 3. The van der Waals surface area contributed by atoms with Crippen LogP contribution in [0.15, 0.2) is 36.5 Å². The summed E-state index contributed by atoms with van der Waals surface area (Å²) in [5, 5.41) is 15.3. The molecule has 1 unspecified atom stereocenters. The number of likely N-dealkylation sites (tertiary alicyclic amines) is 2. The van der Waals surface area contributed by atoms with E-state index in [0.29, 0.717) is 11.5 Å². The van der Waals surface area contributed by atoms with Crippen LogP contribution in [0.1, 0.15) is 36.0 Å². The Morgan fingerprint density at radius 1 is 0.976 bits per heavy atom. The lowest BCUT2D eigenvalue weighted by Gasteiger charge is -2.53. The van der Waals surface area contributed by atoms with Gasteiger partial charge in [0.25, 0.3) is 5.91 Å². The molecule has 1 aromatic heterocycles. The Kier molecular flexibility index (Phi) is 10.2. The van der Waals surface area contributed by atoms with Crippen molar-refractivity contribution in [3.05, 3.63) is 42.1 Å². The molecule has 2 N–H and O–H groups in total. The number of carbonyl (C=O) groups excluding carboxylic acids is 1. The fourth-order valence-corrected chi connectivity index (χ4v) is 4.80. The third-order valence-corrected chi connectivity index (χ3v) is 6.92. The molecule has 3 aliphatic heterocycles. The van der Waals surface area contributed by atoms with Gasteiger partial charge in [0.1, 0.15) is 5.60 Å². The van der Waals surface area contributed by atoms with Gasteiger partial charge in [-0.2, -0.15) is 26.3 Å². The van der Waals surface area contributed by atoms with E-state index in [-0.39, 0.29) is 11.5 Å². The zero-order chi connectivity index (χ0) is 30.4. The number of hydrogen-bond acceptors (Lipinski definition) is 6. The van der Waals surface area contributed by atoms with Gasteiger partial charge in [-0.3, -0.25) is 9.78 Å². The number of hydrogen-bond donors (Lipinski definition) is 2. The van der Waals surface area contributed by atoms with Crippen LogP contribution in [-0.2, 0) is 14.3 Å². The van der Waals surface area contributed by atoms with Gasteiger partial charge in [0, 0.05) is 18.1 Å². The molecule has 5 rings (SSSR count). The van der Waals surface area contributed by atoms with E-state index in [1.807, 2.05) is 35.2 Å². The van der Waals surface area contributed by atoms with Gasteiger partial charge in [0.05, 0.1) is 30.8 Å². The first-order valence-electron chi connectivity index (χ1n) is 12.7. The summed E-state index contributed by atoms with van der Waals surface area (Å²) in [4.78, 5) is 39.5. The number of aromatic nitrogens is 1. The second kappa shape index (κ2) is 13.0. The van der Waals surface area contributed by atoms with Gasteiger partial charge in [-0.1, -0.05) is 18.2 Å². The molecule has 3 saturated heterocycles. The summed E-state index contributed by atoms with van der Waals surface area (Å²) in [6.07, 6.45) is -3.48. The predicted molar refractivity (Wildman–Crippen MR) is 132 cm³/mol. The maximum absolute atomic E-state index is 12.8. The van der Waals surface area contributed by atoms with Crippen molar-refractivity contribution in [3.63, 3.8) is 0 Å². The standard InChI is InChI=1S/C22H27N3O2.2C2HF3O2/c26-21(19-11-18-5-1-2-6-20(18)23-12-19)25-15-22(16-25)8-7-17(14-27-22)13-24-9-3-4-10-24;2*3-2(4,5)1(6)7/h1-2,5-6,11-12,17H,3-4,7-10,13-16H2;2*(H,6,7). The van der Waals surface area contributed by atoms with Crippen LogP contribution in [0.25, 0.3) is 10.9 Å². The molecule has 9 nitrogen and oxygen atoms in total. The van der Waals surface area contributed by atoms with E-state index >= 15 is 0 Å². The van der Waals surface area contributed by atoms with Crippen molar-refractivity contribution < 1.29 is 55.7 Å². The maximum Gasteiger partial charge on any atom is 0.490 e. The van der Waals surface area contributed by atoms with E-state index in [1.54, 1.807) is 6.20 Å². The number of carboxylic acid groups (broad SMARTS) is 2. The molecular formula is C26H29F6N3O6. The van der Waals surface area contributed by atoms with Gasteiger partial charge < -0.3 is 24.7 Å². The quantitative estimate of drug-likeness (QED) is 0.508. The molecule has 0 bridgehead atoms. The molecule has 226 valence electrons. The van der Waals surface area contributed by atoms with Crippen molar-refractivity contribution in [2.75, 3.05) is 39.3 Å². The monoisotopic (exact) mass is 593 g/mol. The maximum atomic E-state index is 12.8. The summed E-state index contributed by atoms with van der Waals surface area (Å²) < 4.78 is 69.7. The molecule has 1 amide bonds. The molecule has 0 radical (unpaired) electrons. The molecule has 3 fully saturated rings. The zero-order valence-electron chi connectivity index (χ0n) is 21.7. The number of pyridine rings is 1. The fourth-order valence-electron chi connectivity index (χ4n) is 4.80. The second-order valence-electron chi connectivity index (χ2n) is 10.1. The SMILES string of the molecule is O=C(O)C(F)(F)F.O=C(O)C(F)(F)F.O=C(c1cnc2ccccc2c1)N1CC2(CCC(CN3CCCC3)CO2)C1. The Balaban J connectivity index is 0.000000276. The fraction of sp³-hybridized carbons (Fsp3) is 0.538. The van der Waals surface area contributed by atoms with Crippen LogP contribution in [0, 0.1) is 5.92 Å². The summed E-state index contributed by atoms with van der Waals surface area (Å²) in [5.41, 5.74) is 1.50. The summed E-state index contributed by atoms with van der Waals surface area (Å²) in [5.74, 6) is -4.79. The lowest BCUT2D eigenvalue weighted by Crippen LogP contribution is -2.66. The van der Waals surface area contributed by atoms with Crippen molar-refractivity contribution in [2.24, 2.45) is 5.92 Å². The number of aliphatic carboxylic acids is 2. The van der Waals surface area contributed by atoms with Crippen LogP contribution in [0.4, 0.5) is 26.3 Å². The number of para-hydroxylation sites is 1. The zero-order valence-corrected chi connectivity index (χ0v) is 21.7. The number of rotatable bonds is 3. The molecule has 15 heteroatoms. The van der Waals surface area contributed by atoms with Gasteiger partial charge in [-0.25, -0.2) is 9.59 Å². The first-order chi connectivity index (χ1) is 19.1. The van der Waals surface area contributed by atoms with Crippen LogP contribution < -0.4 is 0 Å². The molecule has 2 aromatic rings. The van der Waals surface area contributed by atoms with Crippen LogP contribution in [0.3, 0.4) is 0 Å². The number of carbonyl (C=O) groups is 3. The normalized spacial score (nSPS) is 20.3. The first-order valence-corrected chi connectivity index (χ1v) is 12.7.